The molecular weight excluding hydrogens is 216 g/mol. The maximum Gasteiger partial charge on any atom is -0.0187 e. The van der Waals surface area contributed by atoms with E-state index in [-0.39, 0.29) is 0 Å². The normalized spacial score (nSPS) is 16.3. The summed E-state index contributed by atoms with van der Waals surface area (Å²) in [6.07, 6.45) is 3.69. The molecule has 0 saturated carbocycles. The van der Waals surface area contributed by atoms with E-state index in [1.54, 1.807) is 16.7 Å². The predicted molar refractivity (Wildman–Crippen MR) is 82.6 cm³/mol. The zero-order valence-electron chi connectivity index (χ0n) is 13.1. The molecule has 3 atom stereocenters. The third kappa shape index (κ3) is 3.16. The van der Waals surface area contributed by atoms with E-state index in [4.69, 9.17) is 0 Å². The average Bonchev–Trinajstić information content (AvgIpc) is 2.43. The minimum Gasteiger partial charge on any atom is -0.0648 e. The van der Waals surface area contributed by atoms with Crippen molar-refractivity contribution in [3.05, 3.63) is 34.9 Å². The fourth-order valence-corrected chi connectivity index (χ4v) is 2.67. The van der Waals surface area contributed by atoms with Crippen LogP contribution in [0.4, 0.5) is 0 Å². The Morgan fingerprint density at radius 3 is 1.44 bits per heavy atom. The van der Waals surface area contributed by atoms with Crippen molar-refractivity contribution >= 4 is 0 Å². The largest absolute Gasteiger partial charge is 0.0648 e. The van der Waals surface area contributed by atoms with Crippen molar-refractivity contribution in [1.29, 1.82) is 0 Å². The molecule has 0 aliphatic carbocycles. The lowest BCUT2D eigenvalue weighted by molar-refractivity contribution is 0.644. The van der Waals surface area contributed by atoms with Crippen LogP contribution in [0.2, 0.25) is 0 Å². The molecule has 0 bridgehead atoms. The predicted octanol–water partition coefficient (Wildman–Crippen LogP) is 6.23. The first-order valence-electron chi connectivity index (χ1n) is 7.69. The molecule has 1 aromatic carbocycles. The van der Waals surface area contributed by atoms with E-state index in [9.17, 15) is 0 Å². The van der Waals surface area contributed by atoms with Crippen LogP contribution in [0.1, 0.15) is 95.2 Å². The van der Waals surface area contributed by atoms with Gasteiger partial charge in [-0.05, 0) is 53.7 Å². The van der Waals surface area contributed by atoms with Crippen LogP contribution in [0.3, 0.4) is 0 Å². The molecule has 3 unspecified atom stereocenters. The molecule has 0 radical (unpaired) electrons. The second-order valence-electron chi connectivity index (χ2n) is 5.78. The average molecular weight is 246 g/mol. The first-order valence-corrected chi connectivity index (χ1v) is 7.69. The molecule has 0 heteroatoms. The molecule has 102 valence electrons. The quantitative estimate of drug-likeness (QED) is 0.558. The van der Waals surface area contributed by atoms with Gasteiger partial charge in [-0.15, -0.1) is 0 Å². The third-order valence-corrected chi connectivity index (χ3v) is 4.57. The molecule has 0 aliphatic heterocycles. The molecular formula is C18H30. The molecule has 0 spiro atoms. The Morgan fingerprint density at radius 2 is 1.11 bits per heavy atom. The van der Waals surface area contributed by atoms with Crippen LogP contribution in [0.15, 0.2) is 18.2 Å². The van der Waals surface area contributed by atoms with Gasteiger partial charge in [0.25, 0.3) is 0 Å². The van der Waals surface area contributed by atoms with Crippen molar-refractivity contribution in [3.8, 4) is 0 Å². The van der Waals surface area contributed by atoms with Crippen LogP contribution < -0.4 is 0 Å². The van der Waals surface area contributed by atoms with Crippen molar-refractivity contribution in [3.63, 3.8) is 0 Å². The van der Waals surface area contributed by atoms with Gasteiger partial charge in [-0.2, -0.15) is 0 Å². The first kappa shape index (κ1) is 15.3. The summed E-state index contributed by atoms with van der Waals surface area (Å²) >= 11 is 0. The highest BCUT2D eigenvalue weighted by atomic mass is 14.2. The van der Waals surface area contributed by atoms with Crippen molar-refractivity contribution in [2.45, 2.75) is 78.6 Å². The molecule has 1 aromatic rings. The van der Waals surface area contributed by atoms with Gasteiger partial charge in [-0.25, -0.2) is 0 Å². The van der Waals surface area contributed by atoms with Gasteiger partial charge in [0.1, 0.15) is 0 Å². The van der Waals surface area contributed by atoms with E-state index in [1.807, 2.05) is 0 Å². The molecule has 0 N–H and O–H groups in total. The zero-order valence-corrected chi connectivity index (χ0v) is 13.1. The van der Waals surface area contributed by atoms with Gasteiger partial charge in [0, 0.05) is 0 Å². The van der Waals surface area contributed by atoms with Crippen LogP contribution in [0, 0.1) is 0 Å². The van der Waals surface area contributed by atoms with Crippen LogP contribution in [-0.2, 0) is 0 Å². The van der Waals surface area contributed by atoms with Gasteiger partial charge in [-0.1, -0.05) is 59.7 Å². The van der Waals surface area contributed by atoms with E-state index < -0.39 is 0 Å². The molecule has 0 saturated heterocycles. The number of hydrogen-bond donors (Lipinski definition) is 0. The topological polar surface area (TPSA) is 0 Å². The van der Waals surface area contributed by atoms with Crippen LogP contribution in [-0.4, -0.2) is 0 Å². The molecule has 1 rings (SSSR count). The Kier molecular flexibility index (Phi) is 5.91. The molecule has 0 amide bonds. The van der Waals surface area contributed by atoms with Crippen molar-refractivity contribution in [2.24, 2.45) is 0 Å². The fraction of sp³-hybridized carbons (Fsp3) is 0.667. The highest BCUT2D eigenvalue weighted by Gasteiger charge is 2.19. The molecule has 0 aliphatic rings. The van der Waals surface area contributed by atoms with Gasteiger partial charge in [-0.3, -0.25) is 0 Å². The lowest BCUT2D eigenvalue weighted by atomic mass is 9.80. The maximum atomic E-state index is 2.38. The number of rotatable bonds is 6. The number of benzene rings is 1. The SMILES string of the molecule is CCC(C)c1cccc(C(C)CC)c1C(C)CC. The molecule has 0 heterocycles. The fourth-order valence-electron chi connectivity index (χ4n) is 2.67. The molecule has 0 aromatic heterocycles. The van der Waals surface area contributed by atoms with Gasteiger partial charge in [0.15, 0.2) is 0 Å². The van der Waals surface area contributed by atoms with E-state index in [0.29, 0.717) is 17.8 Å². The highest BCUT2D eigenvalue weighted by molar-refractivity contribution is 5.41. The zero-order chi connectivity index (χ0) is 13.7. The van der Waals surface area contributed by atoms with E-state index in [2.05, 4.69) is 59.7 Å². The Balaban J connectivity index is 3.34. The van der Waals surface area contributed by atoms with Crippen LogP contribution >= 0.6 is 0 Å². The van der Waals surface area contributed by atoms with E-state index in [1.165, 1.54) is 19.3 Å². The minimum atomic E-state index is 0.679. The van der Waals surface area contributed by atoms with Gasteiger partial charge in [0.05, 0.1) is 0 Å². The summed E-state index contributed by atoms with van der Waals surface area (Å²) in [7, 11) is 0. The molecule has 18 heavy (non-hydrogen) atoms. The van der Waals surface area contributed by atoms with Gasteiger partial charge >= 0.3 is 0 Å². The van der Waals surface area contributed by atoms with E-state index in [0.717, 1.165) is 0 Å². The monoisotopic (exact) mass is 246 g/mol. The Morgan fingerprint density at radius 1 is 0.722 bits per heavy atom. The standard InChI is InChI=1S/C18H30/c1-7-13(4)16-11-10-12-17(14(5)8-2)18(16)15(6)9-3/h10-15H,7-9H2,1-6H3. The maximum absolute atomic E-state index is 2.38. The van der Waals surface area contributed by atoms with Crippen LogP contribution in [0.25, 0.3) is 0 Å². The van der Waals surface area contributed by atoms with Crippen LogP contribution in [0.5, 0.6) is 0 Å². The van der Waals surface area contributed by atoms with Gasteiger partial charge < -0.3 is 0 Å². The Labute approximate surface area is 114 Å². The summed E-state index contributed by atoms with van der Waals surface area (Å²) in [5.41, 5.74) is 4.82. The smallest absolute Gasteiger partial charge is 0.0187 e. The lowest BCUT2D eigenvalue weighted by Crippen LogP contribution is -2.08. The second-order valence-corrected chi connectivity index (χ2v) is 5.78. The highest BCUT2D eigenvalue weighted by Crippen LogP contribution is 2.36. The van der Waals surface area contributed by atoms with Gasteiger partial charge in [0.2, 0.25) is 0 Å². The Bertz CT molecular complexity index is 336. The Hall–Kier alpha value is -0.780. The van der Waals surface area contributed by atoms with E-state index >= 15 is 0 Å². The first-order chi connectivity index (χ1) is 8.56. The molecule has 0 fully saturated rings. The minimum absolute atomic E-state index is 0.679. The lowest BCUT2D eigenvalue weighted by Gasteiger charge is -2.25. The summed E-state index contributed by atoms with van der Waals surface area (Å²) in [6, 6.07) is 6.96. The summed E-state index contributed by atoms with van der Waals surface area (Å²) in [4.78, 5) is 0. The molecule has 0 nitrogen and oxygen atoms in total. The van der Waals surface area contributed by atoms with Crippen molar-refractivity contribution in [2.75, 3.05) is 0 Å². The summed E-state index contributed by atoms with van der Waals surface area (Å²) in [5.74, 6) is 2.04. The summed E-state index contributed by atoms with van der Waals surface area (Å²) in [6.45, 7) is 14.0. The second kappa shape index (κ2) is 6.97. The third-order valence-electron chi connectivity index (χ3n) is 4.57. The van der Waals surface area contributed by atoms with Crippen molar-refractivity contribution < 1.29 is 0 Å². The summed E-state index contributed by atoms with van der Waals surface area (Å²) < 4.78 is 0. The van der Waals surface area contributed by atoms with Crippen molar-refractivity contribution in [1.82, 2.24) is 0 Å². The summed E-state index contributed by atoms with van der Waals surface area (Å²) in [5, 5.41) is 0. The number of hydrogen-bond acceptors (Lipinski definition) is 0.